The van der Waals surface area contributed by atoms with Crippen molar-refractivity contribution in [1.82, 2.24) is 0 Å². The highest BCUT2D eigenvalue weighted by Gasteiger charge is 2.39. The zero-order valence-corrected chi connectivity index (χ0v) is 11.5. The van der Waals surface area contributed by atoms with Crippen molar-refractivity contribution in [1.29, 1.82) is 0 Å². The van der Waals surface area contributed by atoms with Gasteiger partial charge in [0.15, 0.2) is 5.75 Å². The number of hydrogen-bond acceptors (Lipinski definition) is 4. The average molecular weight is 276 g/mol. The highest BCUT2D eigenvalue weighted by atomic mass is 16.6. The number of hydrogen-bond donors (Lipinski definition) is 1. The van der Waals surface area contributed by atoms with E-state index in [1.165, 1.54) is 31.7 Å². The largest absolute Gasteiger partial charge is 0.487 e. The molecule has 2 bridgehead atoms. The number of nitrogens with two attached hydrogens (primary N) is 1. The molecule has 0 amide bonds. The van der Waals surface area contributed by atoms with E-state index in [0.29, 0.717) is 24.8 Å². The second-order valence-electron chi connectivity index (χ2n) is 6.01. The van der Waals surface area contributed by atoms with E-state index in [2.05, 4.69) is 0 Å². The molecule has 0 saturated heterocycles. The molecule has 3 atom stereocenters. The Kier molecular flexibility index (Phi) is 3.61. The average Bonchev–Trinajstić information content (AvgIpc) is 3.07. The van der Waals surface area contributed by atoms with Gasteiger partial charge in [-0.25, -0.2) is 0 Å². The standard InChI is InChI=1S/C15H20N2O3/c16-8-11-2-4-14(17(18)19)15(7-11)20-9-13-6-10-1-3-12(13)5-10/h2,4,7,10,12-13H,1,3,5-6,8-9,16H2. The second kappa shape index (κ2) is 5.40. The molecule has 2 N–H and O–H groups in total. The minimum atomic E-state index is -0.392. The Morgan fingerprint density at radius 3 is 2.80 bits per heavy atom. The van der Waals surface area contributed by atoms with Gasteiger partial charge in [-0.15, -0.1) is 0 Å². The Labute approximate surface area is 118 Å². The van der Waals surface area contributed by atoms with Crippen LogP contribution in [0.25, 0.3) is 0 Å². The fraction of sp³-hybridized carbons (Fsp3) is 0.600. The summed E-state index contributed by atoms with van der Waals surface area (Å²) >= 11 is 0. The van der Waals surface area contributed by atoms with E-state index in [1.54, 1.807) is 12.1 Å². The Hall–Kier alpha value is -1.62. The van der Waals surface area contributed by atoms with Crippen molar-refractivity contribution in [2.45, 2.75) is 32.2 Å². The molecule has 2 aliphatic rings. The summed E-state index contributed by atoms with van der Waals surface area (Å²) < 4.78 is 5.78. The topological polar surface area (TPSA) is 78.4 Å². The summed E-state index contributed by atoms with van der Waals surface area (Å²) in [6.45, 7) is 0.957. The van der Waals surface area contributed by atoms with E-state index >= 15 is 0 Å². The van der Waals surface area contributed by atoms with Crippen LogP contribution in [0, 0.1) is 27.9 Å². The zero-order chi connectivity index (χ0) is 14.1. The minimum Gasteiger partial charge on any atom is -0.487 e. The summed E-state index contributed by atoms with van der Waals surface area (Å²) in [5.74, 6) is 2.55. The van der Waals surface area contributed by atoms with Crippen molar-refractivity contribution in [2.75, 3.05) is 6.61 Å². The highest BCUT2D eigenvalue weighted by Crippen LogP contribution is 2.48. The van der Waals surface area contributed by atoms with Gasteiger partial charge in [-0.2, -0.15) is 0 Å². The number of nitro benzene ring substituents is 1. The normalized spacial score (nSPS) is 27.8. The second-order valence-corrected chi connectivity index (χ2v) is 6.01. The van der Waals surface area contributed by atoms with Gasteiger partial charge in [-0.3, -0.25) is 10.1 Å². The minimum absolute atomic E-state index is 0.0327. The van der Waals surface area contributed by atoms with Crippen LogP contribution < -0.4 is 10.5 Å². The Balaban J connectivity index is 1.71. The molecule has 1 aromatic rings. The molecular formula is C15H20N2O3. The quantitative estimate of drug-likeness (QED) is 0.662. The number of rotatable bonds is 5. The van der Waals surface area contributed by atoms with Crippen molar-refractivity contribution in [3.05, 3.63) is 33.9 Å². The van der Waals surface area contributed by atoms with Crippen molar-refractivity contribution in [2.24, 2.45) is 23.5 Å². The van der Waals surface area contributed by atoms with Crippen LogP contribution in [0.15, 0.2) is 18.2 Å². The van der Waals surface area contributed by atoms with Crippen LogP contribution in [-0.4, -0.2) is 11.5 Å². The van der Waals surface area contributed by atoms with Gasteiger partial charge in [0.1, 0.15) is 0 Å². The molecule has 0 aliphatic heterocycles. The van der Waals surface area contributed by atoms with Crippen LogP contribution in [-0.2, 0) is 6.54 Å². The number of ether oxygens (including phenoxy) is 1. The van der Waals surface area contributed by atoms with Crippen molar-refractivity contribution in [3.63, 3.8) is 0 Å². The molecule has 0 spiro atoms. The van der Waals surface area contributed by atoms with Crippen LogP contribution in [0.4, 0.5) is 5.69 Å². The molecule has 5 heteroatoms. The van der Waals surface area contributed by atoms with Gasteiger partial charge >= 0.3 is 5.69 Å². The Morgan fingerprint density at radius 2 is 2.20 bits per heavy atom. The lowest BCUT2D eigenvalue weighted by atomic mass is 9.89. The maximum Gasteiger partial charge on any atom is 0.310 e. The van der Waals surface area contributed by atoms with Gasteiger partial charge in [0.2, 0.25) is 0 Å². The van der Waals surface area contributed by atoms with Crippen LogP contribution in [0.2, 0.25) is 0 Å². The van der Waals surface area contributed by atoms with E-state index < -0.39 is 4.92 Å². The molecule has 2 fully saturated rings. The smallest absolute Gasteiger partial charge is 0.310 e. The number of nitrogens with zero attached hydrogens (tertiary/aromatic N) is 1. The first-order valence-corrected chi connectivity index (χ1v) is 7.27. The highest BCUT2D eigenvalue weighted by molar-refractivity contribution is 5.48. The predicted octanol–water partition coefficient (Wildman–Crippen LogP) is 2.87. The van der Waals surface area contributed by atoms with Gasteiger partial charge < -0.3 is 10.5 Å². The maximum atomic E-state index is 11.0. The molecule has 2 aliphatic carbocycles. The summed E-state index contributed by atoms with van der Waals surface area (Å²) in [5.41, 5.74) is 6.48. The van der Waals surface area contributed by atoms with E-state index in [0.717, 1.165) is 17.4 Å². The summed E-state index contributed by atoms with van der Waals surface area (Å²) in [6.07, 6.45) is 5.18. The lowest BCUT2D eigenvalue weighted by Crippen LogP contribution is -2.19. The number of benzene rings is 1. The summed E-state index contributed by atoms with van der Waals surface area (Å²) in [4.78, 5) is 10.6. The Bertz CT molecular complexity index is 518. The predicted molar refractivity (Wildman–Crippen MR) is 75.4 cm³/mol. The van der Waals surface area contributed by atoms with E-state index in [9.17, 15) is 10.1 Å². The van der Waals surface area contributed by atoms with Crippen molar-refractivity contribution in [3.8, 4) is 5.75 Å². The fourth-order valence-electron chi connectivity index (χ4n) is 3.73. The monoisotopic (exact) mass is 276 g/mol. The molecule has 2 saturated carbocycles. The molecule has 3 unspecified atom stereocenters. The number of nitro groups is 1. The van der Waals surface area contributed by atoms with Crippen molar-refractivity contribution < 1.29 is 9.66 Å². The first kappa shape index (κ1) is 13.4. The third-order valence-corrected chi connectivity index (χ3v) is 4.79. The molecule has 108 valence electrons. The maximum absolute atomic E-state index is 11.0. The van der Waals surface area contributed by atoms with E-state index in [4.69, 9.17) is 10.5 Å². The zero-order valence-electron chi connectivity index (χ0n) is 11.5. The van der Waals surface area contributed by atoms with E-state index in [1.807, 2.05) is 0 Å². The molecule has 5 nitrogen and oxygen atoms in total. The number of fused-ring (bicyclic) bond motifs is 2. The van der Waals surface area contributed by atoms with E-state index in [-0.39, 0.29) is 5.69 Å². The fourth-order valence-corrected chi connectivity index (χ4v) is 3.73. The SMILES string of the molecule is NCc1ccc([N+](=O)[O-])c(OCC2CC3CCC2C3)c1. The third-order valence-electron chi connectivity index (χ3n) is 4.79. The summed E-state index contributed by atoms with van der Waals surface area (Å²) in [6, 6.07) is 4.87. The van der Waals surface area contributed by atoms with Gasteiger partial charge in [0, 0.05) is 12.6 Å². The molecular weight excluding hydrogens is 256 g/mol. The van der Waals surface area contributed by atoms with Crippen LogP contribution in [0.3, 0.4) is 0 Å². The van der Waals surface area contributed by atoms with Crippen LogP contribution >= 0.6 is 0 Å². The first-order valence-electron chi connectivity index (χ1n) is 7.27. The molecule has 0 radical (unpaired) electrons. The van der Waals surface area contributed by atoms with Crippen LogP contribution in [0.1, 0.15) is 31.2 Å². The molecule has 0 aromatic heterocycles. The van der Waals surface area contributed by atoms with Gasteiger partial charge in [-0.05, 0) is 48.6 Å². The molecule has 0 heterocycles. The van der Waals surface area contributed by atoms with Gasteiger partial charge in [0.05, 0.1) is 11.5 Å². The van der Waals surface area contributed by atoms with Gasteiger partial charge in [-0.1, -0.05) is 12.5 Å². The van der Waals surface area contributed by atoms with Gasteiger partial charge in [0.25, 0.3) is 0 Å². The summed E-state index contributed by atoms with van der Waals surface area (Å²) in [5, 5.41) is 11.0. The lowest BCUT2D eigenvalue weighted by Gasteiger charge is -2.21. The van der Waals surface area contributed by atoms with Crippen LogP contribution in [0.5, 0.6) is 5.75 Å². The summed E-state index contributed by atoms with van der Waals surface area (Å²) in [7, 11) is 0. The Morgan fingerprint density at radius 1 is 1.35 bits per heavy atom. The van der Waals surface area contributed by atoms with Crippen molar-refractivity contribution >= 4 is 5.69 Å². The lowest BCUT2D eigenvalue weighted by molar-refractivity contribution is -0.385. The third kappa shape index (κ3) is 2.50. The molecule has 3 rings (SSSR count). The first-order chi connectivity index (χ1) is 9.67. The molecule has 1 aromatic carbocycles. The molecule has 20 heavy (non-hydrogen) atoms.